The van der Waals surface area contributed by atoms with Crippen molar-refractivity contribution in [1.29, 1.82) is 0 Å². The normalized spacial score (nSPS) is 11.7. The van der Waals surface area contributed by atoms with Gasteiger partial charge in [0.1, 0.15) is 12.0 Å². The molecule has 0 aliphatic carbocycles. The molecule has 0 heterocycles. The highest BCUT2D eigenvalue weighted by Gasteiger charge is 2.52. The van der Waals surface area contributed by atoms with Gasteiger partial charge in [-0.3, -0.25) is 4.79 Å². The van der Waals surface area contributed by atoms with E-state index in [1.807, 2.05) is 18.2 Å². The first-order chi connectivity index (χ1) is 13.4. The molecule has 3 aromatic rings. The van der Waals surface area contributed by atoms with Gasteiger partial charge >= 0.3 is 8.32 Å². The number of rotatable bonds is 6. The summed E-state index contributed by atoms with van der Waals surface area (Å²) in [5, 5.41) is 2.23. The van der Waals surface area contributed by atoms with E-state index in [2.05, 4.69) is 69.3 Å². The zero-order chi connectivity index (χ0) is 20.2. The molecule has 0 atom stereocenters. The third-order valence-corrected chi connectivity index (χ3v) is 9.93. The second-order valence-electron chi connectivity index (χ2n) is 7.79. The van der Waals surface area contributed by atoms with E-state index in [-0.39, 0.29) is 5.04 Å². The van der Waals surface area contributed by atoms with E-state index in [9.17, 15) is 4.79 Å². The molecular formula is C24H26O3Si. The number of aldehydes is 1. The molecular weight excluding hydrogens is 364 g/mol. The lowest BCUT2D eigenvalue weighted by atomic mass is 10.2. The Bertz CT molecular complexity index is 892. The first-order valence-corrected chi connectivity index (χ1v) is 11.3. The monoisotopic (exact) mass is 390 g/mol. The molecule has 3 nitrogen and oxygen atoms in total. The molecule has 0 unspecified atom stereocenters. The predicted molar refractivity (Wildman–Crippen MR) is 117 cm³/mol. The number of carbonyl (C=O) groups excluding carboxylic acids is 1. The maximum atomic E-state index is 11.2. The predicted octanol–water partition coefficient (Wildman–Crippen LogP) is 4.45. The van der Waals surface area contributed by atoms with Crippen LogP contribution in [0.4, 0.5) is 0 Å². The number of hydrogen-bond donors (Lipinski definition) is 0. The van der Waals surface area contributed by atoms with Crippen LogP contribution in [0.5, 0.6) is 11.5 Å². The zero-order valence-corrected chi connectivity index (χ0v) is 17.8. The average molecular weight is 391 g/mol. The van der Waals surface area contributed by atoms with E-state index in [1.54, 1.807) is 19.2 Å². The van der Waals surface area contributed by atoms with Gasteiger partial charge in [0.2, 0.25) is 0 Å². The Hall–Kier alpha value is -2.85. The van der Waals surface area contributed by atoms with Crippen LogP contribution in [0.2, 0.25) is 5.04 Å². The van der Waals surface area contributed by atoms with Gasteiger partial charge < -0.3 is 9.16 Å². The number of hydrogen-bond acceptors (Lipinski definition) is 3. The van der Waals surface area contributed by atoms with Gasteiger partial charge in [-0.1, -0.05) is 81.4 Å². The van der Waals surface area contributed by atoms with Crippen molar-refractivity contribution in [3.8, 4) is 11.5 Å². The molecule has 3 aromatic carbocycles. The minimum absolute atomic E-state index is 0.149. The maximum Gasteiger partial charge on any atom is 0.320 e. The summed E-state index contributed by atoms with van der Waals surface area (Å²) >= 11 is 0. The minimum atomic E-state index is -2.73. The molecule has 0 aliphatic heterocycles. The molecule has 144 valence electrons. The minimum Gasteiger partial charge on any atom is -0.531 e. The molecule has 0 fully saturated rings. The fourth-order valence-electron chi connectivity index (χ4n) is 3.66. The van der Waals surface area contributed by atoms with Crippen LogP contribution >= 0.6 is 0 Å². The van der Waals surface area contributed by atoms with Crippen LogP contribution in [0.3, 0.4) is 0 Å². The molecule has 0 radical (unpaired) electrons. The van der Waals surface area contributed by atoms with E-state index in [4.69, 9.17) is 9.16 Å². The Morgan fingerprint density at radius 1 is 0.786 bits per heavy atom. The summed E-state index contributed by atoms with van der Waals surface area (Å²) in [6, 6.07) is 26.2. The van der Waals surface area contributed by atoms with Crippen LogP contribution in [0.1, 0.15) is 31.1 Å². The molecule has 0 spiro atoms. The summed E-state index contributed by atoms with van der Waals surface area (Å²) in [7, 11) is -1.13. The van der Waals surface area contributed by atoms with Crippen molar-refractivity contribution in [3.05, 3.63) is 84.4 Å². The van der Waals surface area contributed by atoms with Crippen LogP contribution in [-0.2, 0) is 0 Å². The lowest BCUT2D eigenvalue weighted by Crippen LogP contribution is -2.68. The van der Waals surface area contributed by atoms with Crippen LogP contribution in [-0.4, -0.2) is 21.7 Å². The van der Waals surface area contributed by atoms with Gasteiger partial charge in [0, 0.05) is 5.56 Å². The summed E-state index contributed by atoms with van der Waals surface area (Å²) in [6.07, 6.45) is 0.815. The van der Waals surface area contributed by atoms with Crippen LogP contribution in [0.25, 0.3) is 0 Å². The van der Waals surface area contributed by atoms with Gasteiger partial charge in [-0.15, -0.1) is 0 Å². The second-order valence-corrected chi connectivity index (χ2v) is 12.0. The van der Waals surface area contributed by atoms with E-state index in [1.165, 1.54) is 10.4 Å². The van der Waals surface area contributed by atoms with Crippen molar-refractivity contribution < 1.29 is 14.0 Å². The summed E-state index contributed by atoms with van der Waals surface area (Å²) < 4.78 is 12.5. The Balaban J connectivity index is 2.27. The molecule has 0 saturated heterocycles. The van der Waals surface area contributed by atoms with Crippen molar-refractivity contribution in [2.75, 3.05) is 7.11 Å². The first-order valence-electron chi connectivity index (χ1n) is 9.35. The molecule has 0 N–H and O–H groups in total. The van der Waals surface area contributed by atoms with Gasteiger partial charge in [-0.05, 0) is 33.6 Å². The summed E-state index contributed by atoms with van der Waals surface area (Å²) in [6.45, 7) is 6.68. The van der Waals surface area contributed by atoms with Gasteiger partial charge in [0.05, 0.1) is 7.11 Å². The third kappa shape index (κ3) is 3.60. The fourth-order valence-corrected chi connectivity index (χ4v) is 8.09. The lowest BCUT2D eigenvalue weighted by Gasteiger charge is -2.43. The SMILES string of the molecule is COc1cc(C=O)ccc1O[Si](c1ccccc1)(c1ccccc1)C(C)(C)C. The molecule has 0 amide bonds. The van der Waals surface area contributed by atoms with E-state index in [0.717, 1.165) is 6.29 Å². The van der Waals surface area contributed by atoms with Gasteiger partial charge in [-0.2, -0.15) is 0 Å². The van der Waals surface area contributed by atoms with E-state index < -0.39 is 8.32 Å². The quantitative estimate of drug-likeness (QED) is 0.461. The summed E-state index contributed by atoms with van der Waals surface area (Å²) in [4.78, 5) is 11.2. The molecule has 28 heavy (non-hydrogen) atoms. The first kappa shape index (κ1) is 19.9. The van der Waals surface area contributed by atoms with Gasteiger partial charge in [0.25, 0.3) is 0 Å². The van der Waals surface area contributed by atoms with Crippen LogP contribution in [0, 0.1) is 0 Å². The average Bonchev–Trinajstić information content (AvgIpc) is 2.72. The Morgan fingerprint density at radius 2 is 1.32 bits per heavy atom. The maximum absolute atomic E-state index is 11.2. The summed E-state index contributed by atoms with van der Waals surface area (Å²) in [5.74, 6) is 1.22. The Morgan fingerprint density at radius 3 is 1.75 bits per heavy atom. The van der Waals surface area contributed by atoms with E-state index in [0.29, 0.717) is 17.1 Å². The Kier molecular flexibility index (Phi) is 5.70. The zero-order valence-electron chi connectivity index (χ0n) is 16.8. The number of carbonyl (C=O) groups is 1. The lowest BCUT2D eigenvalue weighted by molar-refractivity contribution is 0.112. The number of benzene rings is 3. The largest absolute Gasteiger partial charge is 0.531 e. The highest BCUT2D eigenvalue weighted by Crippen LogP contribution is 2.40. The van der Waals surface area contributed by atoms with Crippen LogP contribution < -0.4 is 19.5 Å². The smallest absolute Gasteiger partial charge is 0.320 e. The summed E-state index contributed by atoms with van der Waals surface area (Å²) in [5.41, 5.74) is 0.562. The fraction of sp³-hybridized carbons (Fsp3) is 0.208. The van der Waals surface area contributed by atoms with Crippen molar-refractivity contribution >= 4 is 25.0 Å². The number of methoxy groups -OCH3 is 1. The Labute approximate surface area is 168 Å². The molecule has 0 aromatic heterocycles. The molecule has 0 saturated carbocycles. The van der Waals surface area contributed by atoms with Gasteiger partial charge in [0.15, 0.2) is 5.75 Å². The molecule has 4 heteroatoms. The standard InChI is InChI=1S/C24H26O3Si/c1-24(2,3)28(20-11-7-5-8-12-20,21-13-9-6-10-14-21)27-22-16-15-19(18-25)17-23(22)26-4/h5-18H,1-4H3. The molecule has 0 aliphatic rings. The van der Waals surface area contributed by atoms with Gasteiger partial charge in [-0.25, -0.2) is 0 Å². The number of ether oxygens (including phenoxy) is 1. The van der Waals surface area contributed by atoms with Crippen molar-refractivity contribution in [2.45, 2.75) is 25.8 Å². The third-order valence-electron chi connectivity index (χ3n) is 5.00. The topological polar surface area (TPSA) is 35.5 Å². The van der Waals surface area contributed by atoms with Crippen molar-refractivity contribution in [1.82, 2.24) is 0 Å². The highest BCUT2D eigenvalue weighted by atomic mass is 28.4. The van der Waals surface area contributed by atoms with Crippen LogP contribution in [0.15, 0.2) is 78.9 Å². The molecule has 3 rings (SSSR count). The van der Waals surface area contributed by atoms with E-state index >= 15 is 0 Å². The molecule has 0 bridgehead atoms. The van der Waals surface area contributed by atoms with Crippen molar-refractivity contribution in [3.63, 3.8) is 0 Å². The van der Waals surface area contributed by atoms with Crippen molar-refractivity contribution in [2.24, 2.45) is 0 Å². The highest BCUT2D eigenvalue weighted by molar-refractivity contribution is 7.00. The second kappa shape index (κ2) is 8.03.